The predicted molar refractivity (Wildman–Crippen MR) is 58.2 cm³/mol. The van der Waals surface area contributed by atoms with Gasteiger partial charge in [-0.2, -0.15) is 0 Å². The maximum atomic E-state index is 6.16. The van der Waals surface area contributed by atoms with Crippen LogP contribution in [-0.4, -0.2) is 21.7 Å². The molecule has 0 atom stereocenters. The van der Waals surface area contributed by atoms with Gasteiger partial charge in [-0.3, -0.25) is 0 Å². The number of fused-ring (bicyclic) bond motifs is 1. The van der Waals surface area contributed by atoms with Gasteiger partial charge in [-0.25, -0.2) is 9.50 Å². The van der Waals surface area contributed by atoms with E-state index in [1.165, 1.54) is 0 Å². The van der Waals surface area contributed by atoms with Crippen molar-refractivity contribution in [1.29, 1.82) is 0 Å². The lowest BCUT2D eigenvalue weighted by Crippen LogP contribution is -1.96. The standard InChI is InChI=1S/C10H12ClN3O/c1-6-4-9-12-8(5-15-3)13-14(9)10(11)7(6)2/h4H,5H2,1-3H3. The van der Waals surface area contributed by atoms with E-state index in [1.54, 1.807) is 11.6 Å². The third-order valence-corrected chi connectivity index (χ3v) is 2.83. The molecule has 0 bridgehead atoms. The van der Waals surface area contributed by atoms with Gasteiger partial charge in [0.15, 0.2) is 11.5 Å². The van der Waals surface area contributed by atoms with Crippen molar-refractivity contribution in [2.24, 2.45) is 0 Å². The van der Waals surface area contributed by atoms with Crippen LogP contribution in [0.4, 0.5) is 0 Å². The van der Waals surface area contributed by atoms with Crippen molar-refractivity contribution in [2.75, 3.05) is 7.11 Å². The molecule has 4 nitrogen and oxygen atoms in total. The maximum absolute atomic E-state index is 6.16. The molecular formula is C10H12ClN3O. The van der Waals surface area contributed by atoms with Gasteiger partial charge in [0, 0.05) is 7.11 Å². The van der Waals surface area contributed by atoms with E-state index in [9.17, 15) is 0 Å². The Hall–Kier alpha value is -1.13. The van der Waals surface area contributed by atoms with E-state index >= 15 is 0 Å². The first kappa shape index (κ1) is 10.4. The first-order chi connectivity index (χ1) is 7.13. The average Bonchev–Trinajstić information content (AvgIpc) is 2.58. The van der Waals surface area contributed by atoms with E-state index in [1.807, 2.05) is 19.9 Å². The Morgan fingerprint density at radius 3 is 2.87 bits per heavy atom. The summed E-state index contributed by atoms with van der Waals surface area (Å²) in [6, 6.07) is 1.97. The highest BCUT2D eigenvalue weighted by atomic mass is 35.5. The van der Waals surface area contributed by atoms with Gasteiger partial charge in [0.1, 0.15) is 11.8 Å². The smallest absolute Gasteiger partial charge is 0.177 e. The Kier molecular flexibility index (Phi) is 2.63. The van der Waals surface area contributed by atoms with Crippen LogP contribution >= 0.6 is 11.6 Å². The van der Waals surface area contributed by atoms with Crippen molar-refractivity contribution in [2.45, 2.75) is 20.5 Å². The summed E-state index contributed by atoms with van der Waals surface area (Å²) >= 11 is 6.16. The lowest BCUT2D eigenvalue weighted by Gasteiger charge is -2.03. The summed E-state index contributed by atoms with van der Waals surface area (Å²) in [5.74, 6) is 0.643. The molecule has 0 unspecified atom stereocenters. The molecule has 0 aliphatic heterocycles. The molecule has 15 heavy (non-hydrogen) atoms. The lowest BCUT2D eigenvalue weighted by atomic mass is 10.2. The molecule has 0 N–H and O–H groups in total. The van der Waals surface area contributed by atoms with Crippen LogP contribution in [-0.2, 0) is 11.3 Å². The molecule has 0 radical (unpaired) electrons. The Bertz CT molecular complexity index is 507. The molecule has 2 aromatic heterocycles. The van der Waals surface area contributed by atoms with Crippen LogP contribution < -0.4 is 0 Å². The fraction of sp³-hybridized carbons (Fsp3) is 0.400. The Labute approximate surface area is 92.8 Å². The first-order valence-electron chi connectivity index (χ1n) is 4.63. The number of methoxy groups -OCH3 is 1. The van der Waals surface area contributed by atoms with Gasteiger partial charge in [0.05, 0.1) is 0 Å². The van der Waals surface area contributed by atoms with Gasteiger partial charge < -0.3 is 4.74 Å². The highest BCUT2D eigenvalue weighted by molar-refractivity contribution is 6.30. The van der Waals surface area contributed by atoms with Crippen molar-refractivity contribution in [3.8, 4) is 0 Å². The van der Waals surface area contributed by atoms with Crippen molar-refractivity contribution in [3.63, 3.8) is 0 Å². The van der Waals surface area contributed by atoms with E-state index in [0.29, 0.717) is 17.6 Å². The maximum Gasteiger partial charge on any atom is 0.177 e. The second-order valence-electron chi connectivity index (χ2n) is 3.47. The van der Waals surface area contributed by atoms with Crippen LogP contribution in [0.2, 0.25) is 5.15 Å². The quantitative estimate of drug-likeness (QED) is 0.736. The molecule has 5 heteroatoms. The summed E-state index contributed by atoms with van der Waals surface area (Å²) < 4.78 is 6.61. The van der Waals surface area contributed by atoms with E-state index < -0.39 is 0 Å². The monoisotopic (exact) mass is 225 g/mol. The van der Waals surface area contributed by atoms with Crippen LogP contribution in [0.25, 0.3) is 5.65 Å². The number of aromatic nitrogens is 3. The molecule has 2 rings (SSSR count). The molecule has 80 valence electrons. The minimum atomic E-state index is 0.399. The number of rotatable bonds is 2. The number of hydrogen-bond donors (Lipinski definition) is 0. The summed E-state index contributed by atoms with van der Waals surface area (Å²) in [5, 5.41) is 4.86. The highest BCUT2D eigenvalue weighted by Gasteiger charge is 2.10. The van der Waals surface area contributed by atoms with Crippen LogP contribution in [0.5, 0.6) is 0 Å². The molecule has 0 amide bonds. The Morgan fingerprint density at radius 1 is 1.47 bits per heavy atom. The van der Waals surface area contributed by atoms with Crippen molar-refractivity contribution < 1.29 is 4.74 Å². The molecule has 0 aliphatic carbocycles. The van der Waals surface area contributed by atoms with Crippen LogP contribution in [0.3, 0.4) is 0 Å². The number of pyridine rings is 1. The zero-order valence-electron chi connectivity index (χ0n) is 8.91. The summed E-state index contributed by atoms with van der Waals surface area (Å²) in [5.41, 5.74) is 2.90. The number of ether oxygens (including phenoxy) is 1. The third kappa shape index (κ3) is 1.70. The Balaban J connectivity index is 2.65. The minimum absolute atomic E-state index is 0.399. The molecule has 2 aromatic rings. The van der Waals surface area contributed by atoms with Crippen LogP contribution in [0.15, 0.2) is 6.07 Å². The number of hydrogen-bond acceptors (Lipinski definition) is 3. The number of aryl methyl sites for hydroxylation is 1. The summed E-state index contributed by atoms with van der Waals surface area (Å²) in [4.78, 5) is 4.31. The second-order valence-corrected chi connectivity index (χ2v) is 3.83. The van der Waals surface area contributed by atoms with E-state index in [2.05, 4.69) is 10.1 Å². The molecule has 0 saturated heterocycles. The summed E-state index contributed by atoms with van der Waals surface area (Å²) in [6.45, 7) is 4.37. The van der Waals surface area contributed by atoms with Gasteiger partial charge in [0.25, 0.3) is 0 Å². The molecule has 0 saturated carbocycles. The van der Waals surface area contributed by atoms with Crippen LogP contribution in [0, 0.1) is 13.8 Å². The van der Waals surface area contributed by atoms with E-state index in [0.717, 1.165) is 16.8 Å². The predicted octanol–water partition coefficient (Wildman–Crippen LogP) is 2.15. The molecule has 2 heterocycles. The summed E-state index contributed by atoms with van der Waals surface area (Å²) in [6.07, 6.45) is 0. The topological polar surface area (TPSA) is 39.4 Å². The van der Waals surface area contributed by atoms with Crippen molar-refractivity contribution in [3.05, 3.63) is 28.2 Å². The van der Waals surface area contributed by atoms with Gasteiger partial charge >= 0.3 is 0 Å². The molecular weight excluding hydrogens is 214 g/mol. The largest absolute Gasteiger partial charge is 0.377 e. The van der Waals surface area contributed by atoms with Gasteiger partial charge in [0.2, 0.25) is 0 Å². The number of nitrogens with zero attached hydrogens (tertiary/aromatic N) is 3. The van der Waals surface area contributed by atoms with Crippen molar-refractivity contribution in [1.82, 2.24) is 14.6 Å². The zero-order chi connectivity index (χ0) is 11.0. The first-order valence-corrected chi connectivity index (χ1v) is 5.01. The van der Waals surface area contributed by atoms with Crippen LogP contribution in [0.1, 0.15) is 17.0 Å². The van der Waals surface area contributed by atoms with Crippen molar-refractivity contribution >= 4 is 17.2 Å². The average molecular weight is 226 g/mol. The van der Waals surface area contributed by atoms with E-state index in [4.69, 9.17) is 16.3 Å². The fourth-order valence-corrected chi connectivity index (χ4v) is 1.69. The molecule has 0 fully saturated rings. The molecule has 0 spiro atoms. The molecule has 0 aliphatic rings. The van der Waals surface area contributed by atoms with Gasteiger partial charge in [-0.05, 0) is 31.0 Å². The fourth-order valence-electron chi connectivity index (χ4n) is 1.42. The molecule has 0 aromatic carbocycles. The Morgan fingerprint density at radius 2 is 2.20 bits per heavy atom. The second kappa shape index (κ2) is 3.79. The van der Waals surface area contributed by atoms with Gasteiger partial charge in [-0.1, -0.05) is 11.6 Å². The summed E-state index contributed by atoms with van der Waals surface area (Å²) in [7, 11) is 1.61. The lowest BCUT2D eigenvalue weighted by molar-refractivity contribution is 0.178. The zero-order valence-corrected chi connectivity index (χ0v) is 9.67. The normalized spacial score (nSPS) is 11.2. The minimum Gasteiger partial charge on any atom is -0.377 e. The third-order valence-electron chi connectivity index (χ3n) is 2.38. The highest BCUT2D eigenvalue weighted by Crippen LogP contribution is 2.20. The van der Waals surface area contributed by atoms with Gasteiger partial charge in [-0.15, -0.1) is 5.10 Å². The SMILES string of the molecule is COCc1nc2cc(C)c(C)c(Cl)n2n1. The number of halogens is 1. The van der Waals surface area contributed by atoms with E-state index in [-0.39, 0.29) is 0 Å².